The van der Waals surface area contributed by atoms with E-state index < -0.39 is 0 Å². The van der Waals surface area contributed by atoms with Crippen molar-refractivity contribution >= 4 is 0 Å². The molecule has 0 aliphatic carbocycles. The van der Waals surface area contributed by atoms with Gasteiger partial charge in [-0.15, -0.1) is 0 Å². The SMILES string of the molecule is C[C@@H]1ON2CCC[C@@]23COC[C@@H]13. The van der Waals surface area contributed by atoms with Crippen LogP contribution < -0.4 is 0 Å². The lowest BCUT2D eigenvalue weighted by Gasteiger charge is -2.26. The summed E-state index contributed by atoms with van der Waals surface area (Å²) in [6.45, 7) is 5.06. The van der Waals surface area contributed by atoms with Gasteiger partial charge in [-0.05, 0) is 19.8 Å². The molecule has 12 heavy (non-hydrogen) atoms. The van der Waals surface area contributed by atoms with Gasteiger partial charge in [-0.25, -0.2) is 0 Å². The fraction of sp³-hybridized carbons (Fsp3) is 1.00. The van der Waals surface area contributed by atoms with Crippen LogP contribution in [-0.4, -0.2) is 36.5 Å². The third-order valence-corrected chi connectivity index (χ3v) is 3.67. The summed E-state index contributed by atoms with van der Waals surface area (Å²) in [5.74, 6) is 0.625. The maximum Gasteiger partial charge on any atom is 0.0835 e. The van der Waals surface area contributed by atoms with Gasteiger partial charge in [0.25, 0.3) is 0 Å². The number of hydroxylamine groups is 2. The Morgan fingerprint density at radius 3 is 3.33 bits per heavy atom. The van der Waals surface area contributed by atoms with E-state index in [1.807, 2.05) is 0 Å². The van der Waals surface area contributed by atoms with Gasteiger partial charge in [-0.1, -0.05) is 0 Å². The molecule has 3 atom stereocenters. The average Bonchev–Trinajstić information content (AvgIpc) is 2.63. The minimum atomic E-state index is 0.277. The van der Waals surface area contributed by atoms with Gasteiger partial charge in [-0.2, -0.15) is 5.06 Å². The van der Waals surface area contributed by atoms with Crippen LogP contribution in [0.15, 0.2) is 0 Å². The fourth-order valence-electron chi connectivity index (χ4n) is 3.02. The molecule has 3 fully saturated rings. The van der Waals surface area contributed by atoms with E-state index in [4.69, 9.17) is 9.57 Å². The summed E-state index contributed by atoms with van der Waals surface area (Å²) in [4.78, 5) is 5.80. The van der Waals surface area contributed by atoms with Crippen LogP contribution in [0.4, 0.5) is 0 Å². The van der Waals surface area contributed by atoms with E-state index in [-0.39, 0.29) is 5.54 Å². The molecule has 0 aromatic carbocycles. The first-order valence-electron chi connectivity index (χ1n) is 4.85. The molecule has 0 bridgehead atoms. The smallest absolute Gasteiger partial charge is 0.0835 e. The Kier molecular flexibility index (Phi) is 1.35. The summed E-state index contributed by atoms with van der Waals surface area (Å²) in [6, 6.07) is 0. The predicted octanol–water partition coefficient (Wildman–Crippen LogP) is 0.801. The van der Waals surface area contributed by atoms with Crippen molar-refractivity contribution in [2.45, 2.75) is 31.4 Å². The van der Waals surface area contributed by atoms with Crippen molar-refractivity contribution < 1.29 is 9.57 Å². The highest BCUT2D eigenvalue weighted by molar-refractivity contribution is 5.06. The number of hydrogen-bond acceptors (Lipinski definition) is 3. The zero-order valence-electron chi connectivity index (χ0n) is 7.45. The number of rotatable bonds is 0. The summed E-state index contributed by atoms with van der Waals surface area (Å²) in [7, 11) is 0. The molecule has 0 amide bonds. The van der Waals surface area contributed by atoms with Gasteiger partial charge in [0.05, 0.1) is 24.9 Å². The summed E-state index contributed by atoms with van der Waals surface area (Å²) in [5, 5.41) is 2.19. The molecule has 0 aromatic rings. The molecule has 0 saturated carbocycles. The number of ether oxygens (including phenoxy) is 1. The molecule has 3 nitrogen and oxygen atoms in total. The first kappa shape index (κ1) is 7.30. The molecule has 3 saturated heterocycles. The van der Waals surface area contributed by atoms with Crippen molar-refractivity contribution in [2.24, 2.45) is 5.92 Å². The molecule has 3 rings (SSSR count). The third kappa shape index (κ3) is 0.679. The largest absolute Gasteiger partial charge is 0.379 e. The van der Waals surface area contributed by atoms with Crippen LogP contribution in [0.3, 0.4) is 0 Å². The maximum atomic E-state index is 5.80. The van der Waals surface area contributed by atoms with Gasteiger partial charge >= 0.3 is 0 Å². The van der Waals surface area contributed by atoms with Crippen LogP contribution in [0.5, 0.6) is 0 Å². The van der Waals surface area contributed by atoms with E-state index in [1.54, 1.807) is 0 Å². The lowest BCUT2D eigenvalue weighted by Crippen LogP contribution is -2.42. The Bertz CT molecular complexity index is 205. The maximum absolute atomic E-state index is 5.80. The Morgan fingerprint density at radius 2 is 2.42 bits per heavy atom. The van der Waals surface area contributed by atoms with Crippen molar-refractivity contribution in [2.75, 3.05) is 19.8 Å². The van der Waals surface area contributed by atoms with E-state index in [0.717, 1.165) is 19.8 Å². The Balaban J connectivity index is 1.98. The minimum absolute atomic E-state index is 0.277. The number of nitrogens with zero attached hydrogens (tertiary/aromatic N) is 1. The highest BCUT2D eigenvalue weighted by Gasteiger charge is 2.59. The van der Waals surface area contributed by atoms with Gasteiger partial charge in [-0.3, -0.25) is 4.84 Å². The van der Waals surface area contributed by atoms with E-state index >= 15 is 0 Å². The zero-order valence-corrected chi connectivity index (χ0v) is 7.45. The normalized spacial score (nSPS) is 52.8. The van der Waals surface area contributed by atoms with Crippen LogP contribution in [0.1, 0.15) is 19.8 Å². The van der Waals surface area contributed by atoms with Crippen molar-refractivity contribution in [3.63, 3.8) is 0 Å². The zero-order chi connectivity index (χ0) is 8.18. The molecular weight excluding hydrogens is 154 g/mol. The number of hydrogen-bond donors (Lipinski definition) is 0. The Morgan fingerprint density at radius 1 is 1.50 bits per heavy atom. The van der Waals surface area contributed by atoms with Gasteiger partial charge < -0.3 is 4.74 Å². The molecule has 0 aromatic heterocycles. The summed E-state index contributed by atoms with van der Waals surface area (Å²) < 4.78 is 5.56. The van der Waals surface area contributed by atoms with Crippen molar-refractivity contribution in [1.29, 1.82) is 0 Å². The van der Waals surface area contributed by atoms with Gasteiger partial charge in [0, 0.05) is 12.5 Å². The Hall–Kier alpha value is -0.120. The molecule has 68 valence electrons. The fourth-order valence-corrected chi connectivity index (χ4v) is 3.02. The molecule has 1 spiro atoms. The lowest BCUT2D eigenvalue weighted by atomic mass is 9.83. The molecule has 3 heteroatoms. The standard InChI is InChI=1S/C9H15NO2/c1-7-8-5-11-6-9(8)3-2-4-10(9)12-7/h7-8H,2-6H2,1H3/t7-,8-,9-/m0/s1. The van der Waals surface area contributed by atoms with Gasteiger partial charge in [0.2, 0.25) is 0 Å². The topological polar surface area (TPSA) is 21.7 Å². The monoisotopic (exact) mass is 169 g/mol. The third-order valence-electron chi connectivity index (χ3n) is 3.67. The quantitative estimate of drug-likeness (QED) is 0.535. The van der Waals surface area contributed by atoms with Crippen molar-refractivity contribution in [3.05, 3.63) is 0 Å². The van der Waals surface area contributed by atoms with E-state index in [1.165, 1.54) is 12.8 Å². The van der Waals surface area contributed by atoms with Crippen LogP contribution in [0.2, 0.25) is 0 Å². The van der Waals surface area contributed by atoms with E-state index in [0.29, 0.717) is 12.0 Å². The predicted molar refractivity (Wildman–Crippen MR) is 43.5 cm³/mol. The summed E-state index contributed by atoms with van der Waals surface area (Å²) >= 11 is 0. The Labute approximate surface area is 72.6 Å². The molecule has 3 aliphatic rings. The van der Waals surface area contributed by atoms with Gasteiger partial charge in [0.1, 0.15) is 0 Å². The molecule has 0 N–H and O–H groups in total. The molecule has 0 radical (unpaired) electrons. The summed E-state index contributed by atoms with van der Waals surface area (Å²) in [5.41, 5.74) is 0.277. The van der Waals surface area contributed by atoms with Crippen LogP contribution in [0.25, 0.3) is 0 Å². The first-order chi connectivity index (χ1) is 5.83. The highest BCUT2D eigenvalue weighted by Crippen LogP contribution is 2.48. The summed E-state index contributed by atoms with van der Waals surface area (Å²) in [6.07, 6.45) is 2.90. The van der Waals surface area contributed by atoms with E-state index in [9.17, 15) is 0 Å². The lowest BCUT2D eigenvalue weighted by molar-refractivity contribution is -0.175. The minimum Gasteiger partial charge on any atom is -0.379 e. The van der Waals surface area contributed by atoms with Crippen molar-refractivity contribution in [3.8, 4) is 0 Å². The van der Waals surface area contributed by atoms with Crippen LogP contribution in [-0.2, 0) is 9.57 Å². The molecule has 0 unspecified atom stereocenters. The van der Waals surface area contributed by atoms with Crippen LogP contribution in [0, 0.1) is 5.92 Å². The van der Waals surface area contributed by atoms with Crippen LogP contribution >= 0.6 is 0 Å². The molecular formula is C9H15NO2. The average molecular weight is 169 g/mol. The van der Waals surface area contributed by atoms with Crippen molar-refractivity contribution in [1.82, 2.24) is 5.06 Å². The second-order valence-corrected chi connectivity index (χ2v) is 4.24. The first-order valence-corrected chi connectivity index (χ1v) is 4.85. The second-order valence-electron chi connectivity index (χ2n) is 4.24. The second kappa shape index (κ2) is 2.22. The highest BCUT2D eigenvalue weighted by atomic mass is 16.7. The molecule has 3 heterocycles. The molecule has 3 aliphatic heterocycles. The van der Waals surface area contributed by atoms with E-state index in [2.05, 4.69) is 12.0 Å². The van der Waals surface area contributed by atoms with Gasteiger partial charge in [0.15, 0.2) is 0 Å².